The summed E-state index contributed by atoms with van der Waals surface area (Å²) in [6, 6.07) is 15.5. The smallest absolute Gasteiger partial charge is 0.260 e. The van der Waals surface area contributed by atoms with Gasteiger partial charge in [0.2, 0.25) is 0 Å². The van der Waals surface area contributed by atoms with Crippen LogP contribution in [0.25, 0.3) is 11.3 Å². The molecule has 1 aromatic heterocycles. The first-order valence-electron chi connectivity index (χ1n) is 8.77. The van der Waals surface area contributed by atoms with E-state index in [0.29, 0.717) is 17.2 Å². The second-order valence-corrected chi connectivity index (χ2v) is 7.34. The van der Waals surface area contributed by atoms with E-state index < -0.39 is 0 Å². The minimum atomic E-state index is -0.279. The molecule has 0 bridgehead atoms. The number of amides is 1. The van der Waals surface area contributed by atoms with Crippen molar-refractivity contribution < 1.29 is 9.18 Å². The number of aromatic nitrogens is 1. The average Bonchev–Trinajstić information content (AvgIpc) is 3.15. The minimum Gasteiger partial charge on any atom is -0.309 e. The molecule has 0 saturated heterocycles. The molecule has 0 aliphatic heterocycles. The molecule has 4 nitrogen and oxygen atoms in total. The first-order chi connectivity index (χ1) is 13.0. The Bertz CT molecular complexity index is 878. The van der Waals surface area contributed by atoms with Gasteiger partial charge in [0.1, 0.15) is 5.82 Å². The van der Waals surface area contributed by atoms with Gasteiger partial charge in [0, 0.05) is 23.1 Å². The zero-order valence-corrected chi connectivity index (χ0v) is 16.2. The van der Waals surface area contributed by atoms with Gasteiger partial charge in [-0.15, -0.1) is 11.3 Å². The van der Waals surface area contributed by atoms with Gasteiger partial charge in [0.25, 0.3) is 5.91 Å². The molecule has 0 aliphatic rings. The Hall–Kier alpha value is -2.57. The van der Waals surface area contributed by atoms with E-state index in [2.05, 4.69) is 9.88 Å². The maximum atomic E-state index is 13.2. The molecule has 140 valence electrons. The summed E-state index contributed by atoms with van der Waals surface area (Å²) in [5.41, 5.74) is 2.22. The third-order valence-electron chi connectivity index (χ3n) is 4.12. The van der Waals surface area contributed by atoms with Crippen LogP contribution in [-0.2, 0) is 0 Å². The van der Waals surface area contributed by atoms with E-state index in [-0.39, 0.29) is 11.7 Å². The Labute approximate surface area is 162 Å². The van der Waals surface area contributed by atoms with Crippen molar-refractivity contribution in [1.29, 1.82) is 0 Å². The maximum Gasteiger partial charge on any atom is 0.260 e. The quantitative estimate of drug-likeness (QED) is 0.601. The predicted octanol–water partition coefficient (Wildman–Crippen LogP) is 4.55. The molecule has 0 atom stereocenters. The Morgan fingerprint density at radius 2 is 1.74 bits per heavy atom. The van der Waals surface area contributed by atoms with Gasteiger partial charge in [-0.25, -0.2) is 9.37 Å². The molecular weight excluding hydrogens is 361 g/mol. The van der Waals surface area contributed by atoms with Crippen molar-refractivity contribution in [2.45, 2.75) is 6.42 Å². The third kappa shape index (κ3) is 4.99. The Kier molecular flexibility index (Phi) is 6.32. The summed E-state index contributed by atoms with van der Waals surface area (Å²) < 4.78 is 13.2. The van der Waals surface area contributed by atoms with E-state index in [1.54, 1.807) is 17.0 Å². The maximum absolute atomic E-state index is 13.2. The van der Waals surface area contributed by atoms with Crippen LogP contribution in [0.4, 0.5) is 9.52 Å². The van der Waals surface area contributed by atoms with Crippen LogP contribution in [0.2, 0.25) is 0 Å². The van der Waals surface area contributed by atoms with Crippen LogP contribution in [0.3, 0.4) is 0 Å². The summed E-state index contributed by atoms with van der Waals surface area (Å²) in [5, 5.41) is 2.56. The second-order valence-electron chi connectivity index (χ2n) is 6.50. The number of thiazole rings is 1. The fourth-order valence-corrected chi connectivity index (χ4v) is 3.57. The largest absolute Gasteiger partial charge is 0.309 e. The molecule has 3 rings (SSSR count). The zero-order chi connectivity index (χ0) is 19.2. The van der Waals surface area contributed by atoms with Gasteiger partial charge in [0.05, 0.1) is 5.69 Å². The van der Waals surface area contributed by atoms with Crippen LogP contribution in [0.15, 0.2) is 60.0 Å². The molecule has 0 aliphatic carbocycles. The van der Waals surface area contributed by atoms with Crippen LogP contribution >= 0.6 is 11.3 Å². The first kappa shape index (κ1) is 19.2. The van der Waals surface area contributed by atoms with Crippen molar-refractivity contribution in [3.63, 3.8) is 0 Å². The summed E-state index contributed by atoms with van der Waals surface area (Å²) in [5.74, 6) is -0.340. The van der Waals surface area contributed by atoms with E-state index in [1.165, 1.54) is 23.5 Å². The number of rotatable bonds is 7. The number of hydrogen-bond acceptors (Lipinski definition) is 4. The zero-order valence-electron chi connectivity index (χ0n) is 15.4. The van der Waals surface area contributed by atoms with E-state index in [9.17, 15) is 9.18 Å². The lowest BCUT2D eigenvalue weighted by Crippen LogP contribution is -2.33. The molecule has 3 aromatic rings. The molecular formula is C21H22FN3OS. The van der Waals surface area contributed by atoms with Gasteiger partial charge in [-0.1, -0.05) is 18.2 Å². The van der Waals surface area contributed by atoms with E-state index in [4.69, 9.17) is 0 Å². The number of carbonyl (C=O) groups is 1. The normalized spacial score (nSPS) is 11.0. The van der Waals surface area contributed by atoms with Gasteiger partial charge in [0.15, 0.2) is 5.13 Å². The van der Waals surface area contributed by atoms with Crippen molar-refractivity contribution >= 4 is 22.4 Å². The Morgan fingerprint density at radius 3 is 2.41 bits per heavy atom. The monoisotopic (exact) mass is 383 g/mol. The fraction of sp³-hybridized carbons (Fsp3) is 0.238. The predicted molar refractivity (Wildman–Crippen MR) is 109 cm³/mol. The van der Waals surface area contributed by atoms with Crippen molar-refractivity contribution in [1.82, 2.24) is 9.88 Å². The van der Waals surface area contributed by atoms with E-state index in [0.717, 1.165) is 24.2 Å². The molecule has 1 heterocycles. The Morgan fingerprint density at radius 1 is 1.04 bits per heavy atom. The van der Waals surface area contributed by atoms with E-state index in [1.807, 2.05) is 49.8 Å². The van der Waals surface area contributed by atoms with E-state index >= 15 is 0 Å². The molecule has 0 radical (unpaired) electrons. The minimum absolute atomic E-state index is 0.0608. The molecule has 27 heavy (non-hydrogen) atoms. The summed E-state index contributed by atoms with van der Waals surface area (Å²) in [4.78, 5) is 21.5. The van der Waals surface area contributed by atoms with Crippen LogP contribution in [0.1, 0.15) is 16.8 Å². The number of nitrogens with zero attached hydrogens (tertiary/aromatic N) is 3. The molecule has 0 unspecified atom stereocenters. The van der Waals surface area contributed by atoms with Crippen molar-refractivity contribution in [3.8, 4) is 11.3 Å². The number of carbonyl (C=O) groups excluding carboxylic acids is 1. The molecule has 6 heteroatoms. The second kappa shape index (κ2) is 8.88. The van der Waals surface area contributed by atoms with Gasteiger partial charge in [-0.05, 0) is 63.5 Å². The Balaban J connectivity index is 1.86. The average molecular weight is 383 g/mol. The topological polar surface area (TPSA) is 36.4 Å². The lowest BCUT2D eigenvalue weighted by atomic mass is 10.2. The molecule has 0 spiro atoms. The molecule has 2 aromatic carbocycles. The fourth-order valence-electron chi connectivity index (χ4n) is 2.71. The molecule has 0 N–H and O–H groups in total. The van der Waals surface area contributed by atoms with Gasteiger partial charge < -0.3 is 4.90 Å². The van der Waals surface area contributed by atoms with Gasteiger partial charge in [-0.2, -0.15) is 0 Å². The van der Waals surface area contributed by atoms with Crippen LogP contribution in [-0.4, -0.2) is 43.0 Å². The molecule has 0 saturated carbocycles. The number of anilines is 1. The first-order valence-corrected chi connectivity index (χ1v) is 9.65. The highest BCUT2D eigenvalue weighted by atomic mass is 32.1. The lowest BCUT2D eigenvalue weighted by Gasteiger charge is -2.21. The number of hydrogen-bond donors (Lipinski definition) is 0. The van der Waals surface area contributed by atoms with Gasteiger partial charge in [-0.3, -0.25) is 9.69 Å². The highest BCUT2D eigenvalue weighted by molar-refractivity contribution is 7.14. The summed E-state index contributed by atoms with van der Waals surface area (Å²) in [6.45, 7) is 1.47. The van der Waals surface area contributed by atoms with Crippen molar-refractivity contribution in [3.05, 3.63) is 71.4 Å². The summed E-state index contributed by atoms with van der Waals surface area (Å²) >= 11 is 1.43. The third-order valence-corrected chi connectivity index (χ3v) is 4.98. The van der Waals surface area contributed by atoms with Crippen molar-refractivity contribution in [2.75, 3.05) is 32.1 Å². The molecule has 0 fully saturated rings. The van der Waals surface area contributed by atoms with Crippen LogP contribution in [0.5, 0.6) is 0 Å². The summed E-state index contributed by atoms with van der Waals surface area (Å²) in [6.07, 6.45) is 0.844. The highest BCUT2D eigenvalue weighted by Crippen LogP contribution is 2.28. The highest BCUT2D eigenvalue weighted by Gasteiger charge is 2.20. The summed E-state index contributed by atoms with van der Waals surface area (Å²) in [7, 11) is 4.03. The van der Waals surface area contributed by atoms with Crippen molar-refractivity contribution in [2.24, 2.45) is 0 Å². The van der Waals surface area contributed by atoms with Gasteiger partial charge >= 0.3 is 0 Å². The van der Waals surface area contributed by atoms with Crippen LogP contribution in [0, 0.1) is 5.82 Å². The molecule has 1 amide bonds. The standard InChI is InChI=1S/C21H22FN3OS/c1-24(2)13-6-14-25(20(26)17-7-4-3-5-8-17)21-23-19(15-27-21)16-9-11-18(22)12-10-16/h3-5,7-12,15H,6,13-14H2,1-2H3. The number of benzene rings is 2. The van der Waals surface area contributed by atoms with Crippen LogP contribution < -0.4 is 4.90 Å². The SMILES string of the molecule is CN(C)CCCN(C(=O)c1ccccc1)c1nc(-c2ccc(F)cc2)cs1. The number of halogens is 1. The lowest BCUT2D eigenvalue weighted by molar-refractivity contribution is 0.0986.